The van der Waals surface area contributed by atoms with Crippen LogP contribution in [-0.4, -0.2) is 39.6 Å². The van der Waals surface area contributed by atoms with Crippen LogP contribution >= 0.6 is 0 Å². The summed E-state index contributed by atoms with van der Waals surface area (Å²) in [6, 6.07) is 7.96. The number of anilines is 1. The quantitative estimate of drug-likeness (QED) is 0.757. The summed E-state index contributed by atoms with van der Waals surface area (Å²) in [4.78, 5) is 9.23. The van der Waals surface area contributed by atoms with E-state index in [2.05, 4.69) is 9.55 Å². The van der Waals surface area contributed by atoms with Crippen LogP contribution < -0.4 is 5.73 Å². The first-order valence-corrected chi connectivity index (χ1v) is 8.91. The van der Waals surface area contributed by atoms with Crippen LogP contribution in [0, 0.1) is 0 Å². The number of hydrogen-bond donors (Lipinski definition) is 1. The number of imidazole rings is 1. The fourth-order valence-corrected chi connectivity index (χ4v) is 3.46. The molecule has 0 bridgehead atoms. The lowest BCUT2D eigenvalue weighted by atomic mass is 10.2. The average Bonchev–Trinajstić information content (AvgIpc) is 3.14. The highest BCUT2D eigenvalue weighted by Crippen LogP contribution is 2.31. The molecule has 2 aromatic heterocycles. The van der Waals surface area contributed by atoms with Crippen molar-refractivity contribution in [3.8, 4) is 0 Å². The van der Waals surface area contributed by atoms with Crippen molar-refractivity contribution >= 4 is 27.8 Å². The maximum atomic E-state index is 6.20. The summed E-state index contributed by atoms with van der Waals surface area (Å²) < 4.78 is 19.5. The summed E-state index contributed by atoms with van der Waals surface area (Å²) in [7, 11) is 0. The Bertz CT molecular complexity index is 951. The summed E-state index contributed by atoms with van der Waals surface area (Å²) in [5, 5.41) is 1.02. The van der Waals surface area contributed by atoms with Gasteiger partial charge >= 0.3 is 0 Å². The number of aromatic nitrogens is 3. The second kappa shape index (κ2) is 6.50. The van der Waals surface area contributed by atoms with Crippen LogP contribution in [0.3, 0.4) is 0 Å². The third kappa shape index (κ3) is 3.02. The molecule has 0 radical (unpaired) electrons. The minimum absolute atomic E-state index is 0.0593. The molecule has 0 aliphatic carbocycles. The van der Waals surface area contributed by atoms with Gasteiger partial charge in [-0.3, -0.25) is 0 Å². The Kier molecular flexibility index (Phi) is 4.30. The van der Waals surface area contributed by atoms with Gasteiger partial charge in [0, 0.05) is 12.0 Å². The van der Waals surface area contributed by atoms with Crippen molar-refractivity contribution < 1.29 is 14.2 Å². The standard InChI is InChI=1S/C19H24N4O3/c1-4-24-11-15-22-16-17(13-7-5-6-8-14(13)21-18(16)20)23(15)9-12-10-25-19(2,3)26-12/h5-8,12H,4,9-11H2,1-3H3,(H2,20,21). The third-order valence-corrected chi connectivity index (χ3v) is 4.58. The Balaban J connectivity index is 1.86. The van der Waals surface area contributed by atoms with Gasteiger partial charge in [0.05, 0.1) is 24.2 Å². The number of rotatable bonds is 5. The summed E-state index contributed by atoms with van der Waals surface area (Å²) >= 11 is 0. The SMILES string of the molecule is CCOCc1nc2c(N)nc3ccccc3c2n1CC1COC(C)(C)O1. The van der Waals surface area contributed by atoms with Gasteiger partial charge in [0.15, 0.2) is 11.6 Å². The largest absolute Gasteiger partial charge is 0.382 e. The molecule has 0 saturated carbocycles. The number of nitrogen functional groups attached to an aromatic ring is 1. The topological polar surface area (TPSA) is 84.4 Å². The Morgan fingerprint density at radius 1 is 1.31 bits per heavy atom. The van der Waals surface area contributed by atoms with Crippen molar-refractivity contribution in [1.29, 1.82) is 0 Å². The normalized spacial score (nSPS) is 19.6. The number of pyridine rings is 1. The molecule has 4 rings (SSSR count). The Labute approximate surface area is 152 Å². The molecule has 0 spiro atoms. The summed E-state index contributed by atoms with van der Waals surface area (Å²) in [5.74, 6) is 0.684. The second-order valence-corrected chi connectivity index (χ2v) is 6.94. The zero-order valence-electron chi connectivity index (χ0n) is 15.4. The van der Waals surface area contributed by atoms with E-state index < -0.39 is 5.79 Å². The highest BCUT2D eigenvalue weighted by atomic mass is 16.7. The van der Waals surface area contributed by atoms with Crippen LogP contribution in [0.5, 0.6) is 0 Å². The minimum atomic E-state index is -0.566. The summed E-state index contributed by atoms with van der Waals surface area (Å²) in [6.45, 7) is 8.02. The zero-order valence-corrected chi connectivity index (χ0v) is 15.4. The van der Waals surface area contributed by atoms with Crippen molar-refractivity contribution in [3.05, 3.63) is 30.1 Å². The monoisotopic (exact) mass is 356 g/mol. The maximum absolute atomic E-state index is 6.20. The van der Waals surface area contributed by atoms with E-state index in [-0.39, 0.29) is 6.10 Å². The molecule has 3 heterocycles. The molecule has 1 fully saturated rings. The van der Waals surface area contributed by atoms with Gasteiger partial charge in [-0.2, -0.15) is 0 Å². The van der Waals surface area contributed by atoms with Gasteiger partial charge in [-0.1, -0.05) is 18.2 Å². The molecule has 1 aliphatic rings. The van der Waals surface area contributed by atoms with E-state index in [9.17, 15) is 0 Å². The summed E-state index contributed by atoms with van der Waals surface area (Å²) in [5.41, 5.74) is 8.73. The van der Waals surface area contributed by atoms with Crippen LogP contribution in [-0.2, 0) is 27.4 Å². The first kappa shape index (κ1) is 17.2. The molecule has 7 nitrogen and oxygen atoms in total. The van der Waals surface area contributed by atoms with Gasteiger partial charge in [-0.15, -0.1) is 0 Å². The lowest BCUT2D eigenvalue weighted by Crippen LogP contribution is -2.25. The van der Waals surface area contributed by atoms with Crippen molar-refractivity contribution in [3.63, 3.8) is 0 Å². The van der Waals surface area contributed by atoms with Gasteiger partial charge in [0.25, 0.3) is 0 Å². The van der Waals surface area contributed by atoms with E-state index in [1.165, 1.54) is 0 Å². The molecule has 26 heavy (non-hydrogen) atoms. The predicted molar refractivity (Wildman–Crippen MR) is 99.7 cm³/mol. The van der Waals surface area contributed by atoms with Gasteiger partial charge in [0.1, 0.15) is 24.1 Å². The number of nitrogens with zero attached hydrogens (tertiary/aromatic N) is 3. The lowest BCUT2D eigenvalue weighted by molar-refractivity contribution is -0.139. The number of fused-ring (bicyclic) bond motifs is 3. The van der Waals surface area contributed by atoms with E-state index in [1.807, 2.05) is 45.0 Å². The van der Waals surface area contributed by atoms with E-state index in [1.54, 1.807) is 0 Å². The first-order chi connectivity index (χ1) is 12.5. The number of benzene rings is 1. The van der Waals surface area contributed by atoms with E-state index in [0.717, 1.165) is 22.2 Å². The molecular formula is C19H24N4O3. The van der Waals surface area contributed by atoms with Gasteiger partial charge < -0.3 is 24.5 Å². The van der Waals surface area contributed by atoms with Gasteiger partial charge in [-0.25, -0.2) is 9.97 Å². The van der Waals surface area contributed by atoms with Crippen molar-refractivity contribution in [2.24, 2.45) is 0 Å². The zero-order chi connectivity index (χ0) is 18.3. The van der Waals surface area contributed by atoms with E-state index >= 15 is 0 Å². The van der Waals surface area contributed by atoms with E-state index in [0.29, 0.717) is 37.7 Å². The Morgan fingerprint density at radius 3 is 2.85 bits per heavy atom. The summed E-state index contributed by atoms with van der Waals surface area (Å²) in [6.07, 6.45) is -0.0593. The fourth-order valence-electron chi connectivity index (χ4n) is 3.46. The molecule has 138 valence electrons. The Hall–Kier alpha value is -2.22. The van der Waals surface area contributed by atoms with Crippen molar-refractivity contribution in [2.45, 2.75) is 45.8 Å². The second-order valence-electron chi connectivity index (χ2n) is 6.94. The van der Waals surface area contributed by atoms with Crippen LogP contribution in [0.15, 0.2) is 24.3 Å². The fraction of sp³-hybridized carbons (Fsp3) is 0.474. The molecule has 7 heteroatoms. The van der Waals surface area contributed by atoms with Crippen LogP contribution in [0.25, 0.3) is 21.9 Å². The molecule has 2 N–H and O–H groups in total. The predicted octanol–water partition coefficient (Wildman–Crippen LogP) is 2.85. The van der Waals surface area contributed by atoms with Gasteiger partial charge in [-0.05, 0) is 26.8 Å². The molecule has 3 aromatic rings. The molecule has 1 unspecified atom stereocenters. The number of nitrogens with two attached hydrogens (primary N) is 1. The van der Waals surface area contributed by atoms with Gasteiger partial charge in [0.2, 0.25) is 0 Å². The number of ether oxygens (including phenoxy) is 3. The highest BCUT2D eigenvalue weighted by Gasteiger charge is 2.33. The average molecular weight is 356 g/mol. The lowest BCUT2D eigenvalue weighted by Gasteiger charge is -2.18. The van der Waals surface area contributed by atoms with E-state index in [4.69, 9.17) is 24.9 Å². The molecule has 0 amide bonds. The molecule has 1 atom stereocenters. The van der Waals surface area contributed by atoms with Crippen LogP contribution in [0.2, 0.25) is 0 Å². The van der Waals surface area contributed by atoms with Crippen molar-refractivity contribution in [1.82, 2.24) is 14.5 Å². The molecule has 1 aromatic carbocycles. The smallest absolute Gasteiger partial charge is 0.163 e. The third-order valence-electron chi connectivity index (χ3n) is 4.58. The van der Waals surface area contributed by atoms with Crippen LogP contribution in [0.4, 0.5) is 5.82 Å². The number of para-hydroxylation sites is 1. The molecule has 1 saturated heterocycles. The number of hydrogen-bond acceptors (Lipinski definition) is 6. The van der Waals surface area contributed by atoms with Crippen molar-refractivity contribution in [2.75, 3.05) is 18.9 Å². The first-order valence-electron chi connectivity index (χ1n) is 8.91. The minimum Gasteiger partial charge on any atom is -0.382 e. The highest BCUT2D eigenvalue weighted by molar-refractivity contribution is 6.06. The maximum Gasteiger partial charge on any atom is 0.163 e. The molecule has 1 aliphatic heterocycles. The Morgan fingerprint density at radius 2 is 2.12 bits per heavy atom. The molecular weight excluding hydrogens is 332 g/mol. The van der Waals surface area contributed by atoms with Crippen LogP contribution in [0.1, 0.15) is 26.6 Å².